The minimum absolute atomic E-state index is 0.0804. The Balaban J connectivity index is 2.08. The first kappa shape index (κ1) is 16.4. The number of nitrogens with zero attached hydrogens (tertiary/aromatic N) is 2. The van der Waals surface area contributed by atoms with E-state index in [0.717, 1.165) is 0 Å². The Morgan fingerprint density at radius 3 is 2.91 bits per heavy atom. The van der Waals surface area contributed by atoms with Gasteiger partial charge in [-0.25, -0.2) is 0 Å². The fourth-order valence-electron chi connectivity index (χ4n) is 2.52. The molecule has 0 aliphatic carbocycles. The first-order valence-corrected chi connectivity index (χ1v) is 7.28. The maximum absolute atomic E-state index is 12.2. The number of para-hydroxylation sites is 1. The lowest BCUT2D eigenvalue weighted by molar-refractivity contribution is -0.384. The monoisotopic (exact) mass is 307 g/mol. The zero-order chi connectivity index (χ0) is 16.3. The van der Waals surface area contributed by atoms with Crippen LogP contribution in [0.25, 0.3) is 0 Å². The number of amides is 1. The highest BCUT2D eigenvalue weighted by atomic mass is 16.6. The smallest absolute Gasteiger partial charge is 0.293 e. The summed E-state index contributed by atoms with van der Waals surface area (Å²) >= 11 is 0. The van der Waals surface area contributed by atoms with E-state index < -0.39 is 4.92 Å². The molecular formula is C15H21N3O4. The van der Waals surface area contributed by atoms with Crippen LogP contribution in [0.15, 0.2) is 18.2 Å². The van der Waals surface area contributed by atoms with Crippen LogP contribution in [0.3, 0.4) is 0 Å². The Morgan fingerprint density at radius 2 is 2.23 bits per heavy atom. The molecule has 1 amide bonds. The van der Waals surface area contributed by atoms with Crippen molar-refractivity contribution in [3.63, 3.8) is 0 Å². The number of aryl methyl sites for hydroxylation is 1. The predicted molar refractivity (Wildman–Crippen MR) is 82.9 cm³/mol. The molecule has 1 N–H and O–H groups in total. The fourth-order valence-corrected chi connectivity index (χ4v) is 2.52. The maximum Gasteiger partial charge on any atom is 0.293 e. The van der Waals surface area contributed by atoms with Crippen LogP contribution in [-0.4, -0.2) is 47.6 Å². The normalized spacial score (nSPS) is 22.3. The molecule has 1 aliphatic rings. The lowest BCUT2D eigenvalue weighted by atomic mass is 10.1. The van der Waals surface area contributed by atoms with Gasteiger partial charge in [-0.1, -0.05) is 12.1 Å². The number of hydrogen-bond donors (Lipinski definition) is 1. The number of carbonyl (C=O) groups is 1. The zero-order valence-corrected chi connectivity index (χ0v) is 13.0. The second-order valence-electron chi connectivity index (χ2n) is 5.70. The summed E-state index contributed by atoms with van der Waals surface area (Å²) in [5.74, 6) is -0.252. The van der Waals surface area contributed by atoms with Gasteiger partial charge < -0.3 is 10.1 Å². The third kappa shape index (κ3) is 3.80. The molecule has 22 heavy (non-hydrogen) atoms. The topological polar surface area (TPSA) is 84.7 Å². The lowest BCUT2D eigenvalue weighted by Gasteiger charge is -2.36. The summed E-state index contributed by atoms with van der Waals surface area (Å²) in [6.07, 6.45) is 0.0804. The van der Waals surface area contributed by atoms with E-state index in [0.29, 0.717) is 18.7 Å². The number of ether oxygens (including phenoxy) is 1. The average molecular weight is 307 g/mol. The van der Waals surface area contributed by atoms with Crippen LogP contribution in [0.2, 0.25) is 0 Å². The number of morpholine rings is 1. The quantitative estimate of drug-likeness (QED) is 0.679. The van der Waals surface area contributed by atoms with Gasteiger partial charge in [0.2, 0.25) is 5.91 Å². The van der Waals surface area contributed by atoms with Crippen LogP contribution < -0.4 is 5.32 Å². The number of nitro benzene ring substituents is 1. The zero-order valence-electron chi connectivity index (χ0n) is 13.0. The van der Waals surface area contributed by atoms with E-state index in [4.69, 9.17) is 4.74 Å². The van der Waals surface area contributed by atoms with E-state index in [2.05, 4.69) is 5.32 Å². The predicted octanol–water partition coefficient (Wildman–Crippen LogP) is 1.95. The van der Waals surface area contributed by atoms with E-state index in [-0.39, 0.29) is 36.0 Å². The Morgan fingerprint density at radius 1 is 1.50 bits per heavy atom. The summed E-state index contributed by atoms with van der Waals surface area (Å²) in [4.78, 5) is 24.8. The first-order valence-electron chi connectivity index (χ1n) is 7.28. The molecule has 0 bridgehead atoms. The summed E-state index contributed by atoms with van der Waals surface area (Å²) in [6.45, 7) is 7.14. The van der Waals surface area contributed by atoms with Crippen molar-refractivity contribution in [1.29, 1.82) is 0 Å². The highest BCUT2D eigenvalue weighted by molar-refractivity contribution is 5.95. The van der Waals surface area contributed by atoms with E-state index >= 15 is 0 Å². The van der Waals surface area contributed by atoms with Gasteiger partial charge in [-0.2, -0.15) is 0 Å². The minimum atomic E-state index is -0.484. The molecule has 7 heteroatoms. The number of carbonyl (C=O) groups excluding carboxylic acids is 1. The summed E-state index contributed by atoms with van der Waals surface area (Å²) in [5.41, 5.74) is 0.856. The highest BCUT2D eigenvalue weighted by Crippen LogP contribution is 2.27. The second-order valence-corrected chi connectivity index (χ2v) is 5.70. The van der Waals surface area contributed by atoms with E-state index in [1.54, 1.807) is 19.1 Å². The summed E-state index contributed by atoms with van der Waals surface area (Å²) in [6, 6.07) is 4.88. The molecule has 2 atom stereocenters. The largest absolute Gasteiger partial charge is 0.376 e. The summed E-state index contributed by atoms with van der Waals surface area (Å²) < 4.78 is 5.53. The minimum Gasteiger partial charge on any atom is -0.376 e. The van der Waals surface area contributed by atoms with Gasteiger partial charge in [0.1, 0.15) is 5.69 Å². The molecule has 1 aromatic rings. The molecule has 0 radical (unpaired) electrons. The second kappa shape index (κ2) is 6.85. The molecule has 1 aromatic carbocycles. The molecule has 1 aliphatic heterocycles. The van der Waals surface area contributed by atoms with Crippen molar-refractivity contribution < 1.29 is 14.5 Å². The number of rotatable bonds is 4. The number of nitro groups is 1. The molecule has 2 rings (SSSR count). The van der Waals surface area contributed by atoms with Crippen molar-refractivity contribution in [3.8, 4) is 0 Å². The van der Waals surface area contributed by atoms with Crippen molar-refractivity contribution >= 4 is 17.3 Å². The van der Waals surface area contributed by atoms with Crippen LogP contribution in [0, 0.1) is 17.0 Å². The van der Waals surface area contributed by atoms with Crippen molar-refractivity contribution in [2.24, 2.45) is 0 Å². The van der Waals surface area contributed by atoms with Gasteiger partial charge in [0.05, 0.1) is 24.2 Å². The number of hydrogen-bond acceptors (Lipinski definition) is 5. The Kier molecular flexibility index (Phi) is 5.10. The Labute approximate surface area is 129 Å². The first-order chi connectivity index (χ1) is 10.4. The molecular weight excluding hydrogens is 286 g/mol. The number of anilines is 1. The van der Waals surface area contributed by atoms with E-state index in [9.17, 15) is 14.9 Å². The Bertz CT molecular complexity index is 576. The molecule has 1 saturated heterocycles. The fraction of sp³-hybridized carbons (Fsp3) is 0.533. The highest BCUT2D eigenvalue weighted by Gasteiger charge is 2.26. The third-order valence-electron chi connectivity index (χ3n) is 3.80. The molecule has 0 saturated carbocycles. The molecule has 1 heterocycles. The van der Waals surface area contributed by atoms with Crippen LogP contribution in [0.5, 0.6) is 0 Å². The number of benzene rings is 1. The molecule has 1 fully saturated rings. The SMILES string of the molecule is Cc1cccc([N+](=O)[O-])c1NC(=O)CN1C[C@H](C)OC[C@H]1C. The number of nitrogens with one attached hydrogen (secondary N) is 1. The van der Waals surface area contributed by atoms with Crippen molar-refractivity contribution in [1.82, 2.24) is 4.90 Å². The molecule has 0 spiro atoms. The molecule has 120 valence electrons. The van der Waals surface area contributed by atoms with Gasteiger partial charge in [0.25, 0.3) is 5.69 Å². The Hall–Kier alpha value is -1.99. The lowest BCUT2D eigenvalue weighted by Crippen LogP contribution is -2.50. The average Bonchev–Trinajstić information content (AvgIpc) is 2.44. The van der Waals surface area contributed by atoms with Gasteiger partial charge >= 0.3 is 0 Å². The third-order valence-corrected chi connectivity index (χ3v) is 3.80. The van der Waals surface area contributed by atoms with Crippen LogP contribution >= 0.6 is 0 Å². The van der Waals surface area contributed by atoms with Gasteiger partial charge in [0.15, 0.2) is 0 Å². The van der Waals surface area contributed by atoms with E-state index in [1.165, 1.54) is 6.07 Å². The summed E-state index contributed by atoms with van der Waals surface area (Å²) in [7, 11) is 0. The van der Waals surface area contributed by atoms with E-state index in [1.807, 2.05) is 18.7 Å². The van der Waals surface area contributed by atoms with Crippen molar-refractivity contribution in [3.05, 3.63) is 33.9 Å². The molecule has 0 aromatic heterocycles. The molecule has 7 nitrogen and oxygen atoms in total. The van der Waals surface area contributed by atoms with Gasteiger partial charge in [-0.15, -0.1) is 0 Å². The van der Waals surface area contributed by atoms with Crippen molar-refractivity contribution in [2.45, 2.75) is 32.9 Å². The van der Waals surface area contributed by atoms with Crippen LogP contribution in [0.1, 0.15) is 19.4 Å². The van der Waals surface area contributed by atoms with Crippen LogP contribution in [-0.2, 0) is 9.53 Å². The van der Waals surface area contributed by atoms with Crippen LogP contribution in [0.4, 0.5) is 11.4 Å². The van der Waals surface area contributed by atoms with Crippen molar-refractivity contribution in [2.75, 3.05) is 25.0 Å². The molecule has 0 unspecified atom stereocenters. The van der Waals surface area contributed by atoms with Gasteiger partial charge in [-0.05, 0) is 26.3 Å². The van der Waals surface area contributed by atoms with Gasteiger partial charge in [0, 0.05) is 18.7 Å². The van der Waals surface area contributed by atoms with Gasteiger partial charge in [-0.3, -0.25) is 19.8 Å². The maximum atomic E-state index is 12.2. The standard InChI is InChI=1S/C15H21N3O4/c1-10-5-4-6-13(18(20)21)15(10)16-14(19)8-17-7-12(3)22-9-11(17)2/h4-6,11-12H,7-9H2,1-3H3,(H,16,19)/t11-,12+/m1/s1. The summed E-state index contributed by atoms with van der Waals surface area (Å²) in [5, 5.41) is 13.7.